The molecule has 0 amide bonds. The van der Waals surface area contributed by atoms with E-state index >= 15 is 0 Å². The van der Waals surface area contributed by atoms with Gasteiger partial charge in [0, 0.05) is 24.6 Å². The molecule has 3 nitrogen and oxygen atoms in total. The average Bonchev–Trinajstić information content (AvgIpc) is 2.92. The van der Waals surface area contributed by atoms with Crippen molar-refractivity contribution in [2.75, 3.05) is 26.4 Å². The normalized spacial score (nSPS) is 20.7. The van der Waals surface area contributed by atoms with Gasteiger partial charge in [-0.15, -0.1) is 0 Å². The molecule has 1 aliphatic rings. The van der Waals surface area contributed by atoms with Crippen LogP contribution in [-0.4, -0.2) is 31.9 Å². The molecule has 0 aliphatic carbocycles. The molecule has 3 heteroatoms. The lowest BCUT2D eigenvalue weighted by molar-refractivity contribution is 0.0218. The fourth-order valence-corrected chi connectivity index (χ4v) is 2.57. The lowest BCUT2D eigenvalue weighted by atomic mass is 10.0. The Kier molecular flexibility index (Phi) is 5.80. The smallest absolute Gasteiger partial charge is 0.0952 e. The number of ether oxygens (including phenoxy) is 2. The zero-order valence-corrected chi connectivity index (χ0v) is 13.8. The molecule has 2 unspecified atom stereocenters. The molecule has 2 rings (SSSR count). The lowest BCUT2D eigenvalue weighted by Crippen LogP contribution is -2.39. The third-order valence-electron chi connectivity index (χ3n) is 3.91. The summed E-state index contributed by atoms with van der Waals surface area (Å²) in [5.74, 6) is 0.547. The Balaban J connectivity index is 2.00. The number of benzene rings is 1. The second kappa shape index (κ2) is 7.39. The predicted octanol–water partition coefficient (Wildman–Crippen LogP) is 3.48. The number of aryl methyl sites for hydroxylation is 1. The Morgan fingerprint density at radius 3 is 2.71 bits per heavy atom. The second-order valence-corrected chi connectivity index (χ2v) is 7.04. The van der Waals surface area contributed by atoms with E-state index in [1.165, 1.54) is 11.1 Å². The van der Waals surface area contributed by atoms with Crippen LogP contribution in [0, 0.1) is 12.8 Å². The van der Waals surface area contributed by atoms with Crippen LogP contribution in [0.1, 0.15) is 44.4 Å². The van der Waals surface area contributed by atoms with Gasteiger partial charge < -0.3 is 14.8 Å². The van der Waals surface area contributed by atoms with Crippen LogP contribution in [0.3, 0.4) is 0 Å². The van der Waals surface area contributed by atoms with Gasteiger partial charge in [0.1, 0.15) is 0 Å². The number of hydrogen-bond donors (Lipinski definition) is 1. The van der Waals surface area contributed by atoms with Gasteiger partial charge >= 0.3 is 0 Å². The van der Waals surface area contributed by atoms with Crippen molar-refractivity contribution < 1.29 is 9.47 Å². The van der Waals surface area contributed by atoms with Crippen molar-refractivity contribution in [3.05, 3.63) is 35.4 Å². The summed E-state index contributed by atoms with van der Waals surface area (Å²) in [5.41, 5.74) is 2.68. The molecule has 1 aliphatic heterocycles. The minimum atomic E-state index is 0.0980. The van der Waals surface area contributed by atoms with E-state index in [0.29, 0.717) is 5.92 Å². The van der Waals surface area contributed by atoms with Crippen molar-refractivity contribution in [2.45, 2.75) is 45.8 Å². The summed E-state index contributed by atoms with van der Waals surface area (Å²) < 4.78 is 11.7. The van der Waals surface area contributed by atoms with E-state index in [1.54, 1.807) is 0 Å². The first-order valence-corrected chi connectivity index (χ1v) is 7.95. The predicted molar refractivity (Wildman–Crippen MR) is 86.6 cm³/mol. The summed E-state index contributed by atoms with van der Waals surface area (Å²) in [7, 11) is 0. The van der Waals surface area contributed by atoms with E-state index < -0.39 is 0 Å². The van der Waals surface area contributed by atoms with Crippen LogP contribution in [0.4, 0.5) is 0 Å². The van der Waals surface area contributed by atoms with Gasteiger partial charge in [0.15, 0.2) is 0 Å². The topological polar surface area (TPSA) is 30.5 Å². The van der Waals surface area contributed by atoms with Crippen molar-refractivity contribution >= 4 is 0 Å². The first-order chi connectivity index (χ1) is 9.96. The van der Waals surface area contributed by atoms with E-state index in [1.807, 2.05) is 0 Å². The largest absolute Gasteiger partial charge is 0.381 e. The van der Waals surface area contributed by atoms with Crippen LogP contribution >= 0.6 is 0 Å². The Hall–Kier alpha value is -0.900. The zero-order chi connectivity index (χ0) is 15.3. The summed E-state index contributed by atoms with van der Waals surface area (Å²) in [6.45, 7) is 12.1. The van der Waals surface area contributed by atoms with Crippen LogP contribution in [0.5, 0.6) is 0 Å². The fraction of sp³-hybridized carbons (Fsp3) is 0.667. The highest BCUT2D eigenvalue weighted by Crippen LogP contribution is 2.23. The highest BCUT2D eigenvalue weighted by Gasteiger charge is 2.21. The molecule has 2 atom stereocenters. The van der Waals surface area contributed by atoms with Crippen LogP contribution in [-0.2, 0) is 9.47 Å². The molecule has 1 aromatic carbocycles. The number of hydrogen-bond acceptors (Lipinski definition) is 3. The molecular weight excluding hydrogens is 262 g/mol. The van der Waals surface area contributed by atoms with Gasteiger partial charge in [0.2, 0.25) is 0 Å². The van der Waals surface area contributed by atoms with Gasteiger partial charge in [0.25, 0.3) is 0 Å². The lowest BCUT2D eigenvalue weighted by Gasteiger charge is -2.27. The number of nitrogens with one attached hydrogen (secondary N) is 1. The second-order valence-electron chi connectivity index (χ2n) is 7.04. The summed E-state index contributed by atoms with van der Waals surface area (Å²) >= 11 is 0. The highest BCUT2D eigenvalue weighted by atomic mass is 16.5. The van der Waals surface area contributed by atoms with Gasteiger partial charge in [-0.2, -0.15) is 0 Å². The Labute approximate surface area is 129 Å². The standard InChI is InChI=1S/C18H29NO2/c1-14-7-5-6-8-16(14)17(11-19-18(2,3)4)21-13-15-9-10-20-12-15/h5-8,15,17,19H,9-13H2,1-4H3. The van der Waals surface area contributed by atoms with Crippen molar-refractivity contribution in [1.29, 1.82) is 0 Å². The Bertz CT molecular complexity index is 433. The molecule has 1 heterocycles. The van der Waals surface area contributed by atoms with Gasteiger partial charge in [-0.25, -0.2) is 0 Å². The summed E-state index contributed by atoms with van der Waals surface area (Å²) in [4.78, 5) is 0. The van der Waals surface area contributed by atoms with E-state index in [2.05, 4.69) is 57.3 Å². The van der Waals surface area contributed by atoms with Crippen molar-refractivity contribution in [1.82, 2.24) is 5.32 Å². The van der Waals surface area contributed by atoms with Gasteiger partial charge in [0.05, 0.1) is 19.3 Å². The van der Waals surface area contributed by atoms with Gasteiger partial charge in [-0.05, 0) is 45.2 Å². The molecule has 1 saturated heterocycles. The molecule has 118 valence electrons. The fourth-order valence-electron chi connectivity index (χ4n) is 2.57. The molecule has 0 aromatic heterocycles. The van der Waals surface area contributed by atoms with Crippen molar-refractivity contribution in [2.24, 2.45) is 5.92 Å². The Morgan fingerprint density at radius 1 is 1.33 bits per heavy atom. The molecule has 1 aromatic rings. The third kappa shape index (κ3) is 5.42. The number of rotatable bonds is 6. The first-order valence-electron chi connectivity index (χ1n) is 7.95. The maximum Gasteiger partial charge on any atom is 0.0952 e. The SMILES string of the molecule is Cc1ccccc1C(CNC(C)(C)C)OCC1CCOC1. The molecule has 0 radical (unpaired) electrons. The van der Waals surface area contributed by atoms with Crippen LogP contribution in [0.25, 0.3) is 0 Å². The van der Waals surface area contributed by atoms with E-state index in [0.717, 1.165) is 32.8 Å². The van der Waals surface area contributed by atoms with Crippen LogP contribution < -0.4 is 5.32 Å². The summed E-state index contributed by atoms with van der Waals surface area (Å²) in [6, 6.07) is 8.50. The molecule has 21 heavy (non-hydrogen) atoms. The highest BCUT2D eigenvalue weighted by molar-refractivity contribution is 5.28. The maximum absolute atomic E-state index is 6.25. The first kappa shape index (κ1) is 16.5. The molecule has 0 spiro atoms. The maximum atomic E-state index is 6.25. The van der Waals surface area contributed by atoms with Gasteiger partial charge in [-0.1, -0.05) is 24.3 Å². The molecular formula is C18H29NO2. The average molecular weight is 291 g/mol. The van der Waals surface area contributed by atoms with Crippen molar-refractivity contribution in [3.63, 3.8) is 0 Å². The molecule has 0 saturated carbocycles. The molecule has 1 N–H and O–H groups in total. The van der Waals surface area contributed by atoms with E-state index in [4.69, 9.17) is 9.47 Å². The molecule has 1 fully saturated rings. The van der Waals surface area contributed by atoms with Gasteiger partial charge in [-0.3, -0.25) is 0 Å². The zero-order valence-electron chi connectivity index (χ0n) is 13.8. The van der Waals surface area contributed by atoms with Crippen LogP contribution in [0.15, 0.2) is 24.3 Å². The summed E-state index contributed by atoms with van der Waals surface area (Å²) in [6.07, 6.45) is 1.22. The van der Waals surface area contributed by atoms with Crippen LogP contribution in [0.2, 0.25) is 0 Å². The third-order valence-corrected chi connectivity index (χ3v) is 3.91. The van der Waals surface area contributed by atoms with E-state index in [9.17, 15) is 0 Å². The molecule has 0 bridgehead atoms. The quantitative estimate of drug-likeness (QED) is 0.870. The Morgan fingerprint density at radius 2 is 2.10 bits per heavy atom. The minimum absolute atomic E-state index is 0.0980. The summed E-state index contributed by atoms with van der Waals surface area (Å²) in [5, 5.41) is 3.57. The van der Waals surface area contributed by atoms with E-state index in [-0.39, 0.29) is 11.6 Å². The minimum Gasteiger partial charge on any atom is -0.381 e. The monoisotopic (exact) mass is 291 g/mol. The van der Waals surface area contributed by atoms with Crippen molar-refractivity contribution in [3.8, 4) is 0 Å².